The van der Waals surface area contributed by atoms with E-state index in [1.54, 1.807) is 20.8 Å². The maximum Gasteiger partial charge on any atom is 0.325 e. The number of hydrogen-bond acceptors (Lipinski definition) is 4. The van der Waals surface area contributed by atoms with Crippen LogP contribution < -0.4 is 10.0 Å². The first-order valence-electron chi connectivity index (χ1n) is 6.60. The van der Waals surface area contributed by atoms with Crippen molar-refractivity contribution in [3.8, 4) is 0 Å². The molecule has 8 heteroatoms. The second kappa shape index (κ2) is 6.45. The predicted molar refractivity (Wildman–Crippen MR) is 81.1 cm³/mol. The van der Waals surface area contributed by atoms with E-state index >= 15 is 0 Å². The third-order valence-corrected chi connectivity index (χ3v) is 4.36. The van der Waals surface area contributed by atoms with Crippen LogP contribution in [0.4, 0.5) is 0 Å². The van der Waals surface area contributed by atoms with Gasteiger partial charge in [0.2, 0.25) is 10.0 Å². The van der Waals surface area contributed by atoms with E-state index in [9.17, 15) is 18.0 Å². The van der Waals surface area contributed by atoms with E-state index in [0.717, 1.165) is 0 Å². The molecule has 0 fully saturated rings. The largest absolute Gasteiger partial charge is 0.480 e. The third-order valence-electron chi connectivity index (χ3n) is 2.59. The Morgan fingerprint density at radius 1 is 1.14 bits per heavy atom. The van der Waals surface area contributed by atoms with Crippen molar-refractivity contribution in [2.24, 2.45) is 0 Å². The highest BCUT2D eigenvalue weighted by molar-refractivity contribution is 7.89. The molecule has 7 nitrogen and oxygen atoms in total. The maximum absolute atomic E-state index is 12.1. The molecule has 0 aliphatic carbocycles. The molecule has 0 bridgehead atoms. The molecule has 1 atom stereocenters. The summed E-state index contributed by atoms with van der Waals surface area (Å²) in [6, 6.07) is 4.24. The molecule has 0 aliphatic rings. The average molecular weight is 328 g/mol. The minimum Gasteiger partial charge on any atom is -0.480 e. The summed E-state index contributed by atoms with van der Waals surface area (Å²) in [5.74, 6) is -1.73. The molecule has 122 valence electrons. The minimum absolute atomic E-state index is 0.0326. The molecule has 0 unspecified atom stereocenters. The van der Waals surface area contributed by atoms with Crippen molar-refractivity contribution < 1.29 is 23.1 Å². The van der Waals surface area contributed by atoms with Crippen LogP contribution in [0.3, 0.4) is 0 Å². The molecule has 0 saturated carbocycles. The molecule has 1 rings (SSSR count). The van der Waals surface area contributed by atoms with E-state index in [4.69, 9.17) is 5.11 Å². The lowest BCUT2D eigenvalue weighted by Crippen LogP contribution is -2.40. The van der Waals surface area contributed by atoms with Crippen molar-refractivity contribution in [2.45, 2.75) is 44.2 Å². The van der Waals surface area contributed by atoms with Crippen molar-refractivity contribution in [3.05, 3.63) is 29.8 Å². The zero-order chi connectivity index (χ0) is 17.1. The number of aliphatic carboxylic acids is 1. The summed E-state index contributed by atoms with van der Waals surface area (Å²) in [4.78, 5) is 22.5. The lowest BCUT2D eigenvalue weighted by Gasteiger charge is -2.20. The number of rotatable bonds is 5. The summed E-state index contributed by atoms with van der Waals surface area (Å²) < 4.78 is 26.7. The normalized spacial score (nSPS) is 13.5. The molecule has 0 spiro atoms. The van der Waals surface area contributed by atoms with Gasteiger partial charge in [0.05, 0.1) is 4.90 Å². The summed E-state index contributed by atoms with van der Waals surface area (Å²) in [6.07, 6.45) is 0. The van der Waals surface area contributed by atoms with Gasteiger partial charge in [-0.25, -0.2) is 13.1 Å². The first-order valence-corrected chi connectivity index (χ1v) is 8.08. The number of amides is 1. The van der Waals surface area contributed by atoms with E-state index in [1.165, 1.54) is 31.2 Å². The molecule has 0 aliphatic heterocycles. The van der Waals surface area contributed by atoms with Gasteiger partial charge >= 0.3 is 5.97 Å². The zero-order valence-electron chi connectivity index (χ0n) is 12.9. The van der Waals surface area contributed by atoms with Crippen LogP contribution in [-0.4, -0.2) is 37.0 Å². The number of nitrogens with one attached hydrogen (secondary N) is 2. The van der Waals surface area contributed by atoms with Gasteiger partial charge in [0, 0.05) is 11.1 Å². The highest BCUT2D eigenvalue weighted by atomic mass is 32.2. The summed E-state index contributed by atoms with van der Waals surface area (Å²) in [5.41, 5.74) is -0.436. The van der Waals surface area contributed by atoms with Crippen LogP contribution >= 0.6 is 0 Å². The van der Waals surface area contributed by atoms with Crippen molar-refractivity contribution in [2.75, 3.05) is 0 Å². The molecule has 0 radical (unpaired) electrons. The number of carbonyl (C=O) groups is 2. The Morgan fingerprint density at radius 3 is 2.05 bits per heavy atom. The van der Waals surface area contributed by atoms with Gasteiger partial charge in [0.25, 0.3) is 5.91 Å². The fourth-order valence-corrected chi connectivity index (χ4v) is 3.01. The number of carboxylic acid groups (broad SMARTS) is 1. The van der Waals surface area contributed by atoms with Crippen molar-refractivity contribution in [3.63, 3.8) is 0 Å². The molecule has 3 N–H and O–H groups in total. The van der Waals surface area contributed by atoms with E-state index in [1.807, 2.05) is 0 Å². The van der Waals surface area contributed by atoms with Gasteiger partial charge in [0.15, 0.2) is 0 Å². The standard InChI is InChI=1S/C14H20N2O5S/c1-9(13(18)19)15-12(17)10-5-7-11(8-6-10)22(20,21)16-14(2,3)4/h5-9,16H,1-4H3,(H,15,17)(H,18,19)/t9-/m1/s1. The molecule has 1 aromatic carbocycles. The molecular formula is C14H20N2O5S. The van der Waals surface area contributed by atoms with E-state index in [0.29, 0.717) is 0 Å². The van der Waals surface area contributed by atoms with Gasteiger partial charge in [-0.3, -0.25) is 9.59 Å². The number of carbonyl (C=O) groups excluding carboxylic acids is 1. The van der Waals surface area contributed by atoms with Crippen LogP contribution in [0.25, 0.3) is 0 Å². The van der Waals surface area contributed by atoms with Crippen LogP contribution in [0.2, 0.25) is 0 Å². The SMILES string of the molecule is C[C@@H](NC(=O)c1ccc(S(=O)(=O)NC(C)(C)C)cc1)C(=O)O. The maximum atomic E-state index is 12.1. The number of carboxylic acids is 1. The highest BCUT2D eigenvalue weighted by Gasteiger charge is 2.22. The Kier molecular flexibility index (Phi) is 5.31. The van der Waals surface area contributed by atoms with Crippen LogP contribution in [0.15, 0.2) is 29.2 Å². The Balaban J connectivity index is 2.91. The molecule has 1 amide bonds. The predicted octanol–water partition coefficient (Wildman–Crippen LogP) is 0.966. The van der Waals surface area contributed by atoms with E-state index < -0.39 is 33.5 Å². The summed E-state index contributed by atoms with van der Waals surface area (Å²) in [5, 5.41) is 11.0. The number of hydrogen-bond donors (Lipinski definition) is 3. The van der Waals surface area contributed by atoms with Crippen LogP contribution in [0.5, 0.6) is 0 Å². The quantitative estimate of drug-likeness (QED) is 0.745. The molecule has 22 heavy (non-hydrogen) atoms. The Bertz CT molecular complexity index is 659. The van der Waals surface area contributed by atoms with Crippen LogP contribution in [0.1, 0.15) is 38.1 Å². The molecule has 0 saturated heterocycles. The third kappa shape index (κ3) is 5.12. The summed E-state index contributed by atoms with van der Waals surface area (Å²) >= 11 is 0. The van der Waals surface area contributed by atoms with Crippen molar-refractivity contribution in [1.29, 1.82) is 0 Å². The minimum atomic E-state index is -3.67. The lowest BCUT2D eigenvalue weighted by atomic mass is 10.1. The zero-order valence-corrected chi connectivity index (χ0v) is 13.7. The highest BCUT2D eigenvalue weighted by Crippen LogP contribution is 2.14. The van der Waals surface area contributed by atoms with Crippen molar-refractivity contribution in [1.82, 2.24) is 10.0 Å². The van der Waals surface area contributed by atoms with Crippen molar-refractivity contribution >= 4 is 21.9 Å². The van der Waals surface area contributed by atoms with Gasteiger partial charge in [-0.15, -0.1) is 0 Å². The molecule has 0 aromatic heterocycles. The summed E-state index contributed by atoms with van der Waals surface area (Å²) in [6.45, 7) is 6.51. The first kappa shape index (κ1) is 18.1. The topological polar surface area (TPSA) is 113 Å². The fraction of sp³-hybridized carbons (Fsp3) is 0.429. The second-order valence-corrected chi connectivity index (χ2v) is 7.60. The Hall–Kier alpha value is -1.93. The smallest absolute Gasteiger partial charge is 0.325 e. The van der Waals surface area contributed by atoms with Gasteiger partial charge in [-0.2, -0.15) is 0 Å². The van der Waals surface area contributed by atoms with Crippen LogP contribution in [-0.2, 0) is 14.8 Å². The first-order chi connectivity index (χ1) is 9.92. The fourth-order valence-electron chi connectivity index (χ4n) is 1.59. The average Bonchev–Trinajstić information content (AvgIpc) is 2.35. The van der Waals surface area contributed by atoms with E-state index in [2.05, 4.69) is 10.0 Å². The van der Waals surface area contributed by atoms with Gasteiger partial charge < -0.3 is 10.4 Å². The second-order valence-electron chi connectivity index (χ2n) is 5.91. The Morgan fingerprint density at radius 2 is 1.64 bits per heavy atom. The number of benzene rings is 1. The van der Waals surface area contributed by atoms with Gasteiger partial charge in [0.1, 0.15) is 6.04 Å². The van der Waals surface area contributed by atoms with Gasteiger partial charge in [-0.1, -0.05) is 0 Å². The number of sulfonamides is 1. The lowest BCUT2D eigenvalue weighted by molar-refractivity contribution is -0.138. The Labute approximate surface area is 129 Å². The monoisotopic (exact) mass is 328 g/mol. The summed E-state index contributed by atoms with van der Waals surface area (Å²) in [7, 11) is -3.67. The van der Waals surface area contributed by atoms with Gasteiger partial charge in [-0.05, 0) is 52.0 Å². The molecule has 1 aromatic rings. The van der Waals surface area contributed by atoms with Crippen LogP contribution in [0, 0.1) is 0 Å². The van der Waals surface area contributed by atoms with E-state index in [-0.39, 0.29) is 10.5 Å². The molecule has 0 heterocycles. The molecular weight excluding hydrogens is 308 g/mol.